The minimum absolute atomic E-state index is 0. The third-order valence-corrected chi connectivity index (χ3v) is 8.48. The van der Waals surface area contributed by atoms with E-state index in [0.717, 1.165) is 57.8 Å². The third kappa shape index (κ3) is 23.4. The van der Waals surface area contributed by atoms with Crippen LogP contribution in [-0.4, -0.2) is 34.3 Å². The minimum Gasteiger partial charge on any atom is -0.801 e. The van der Waals surface area contributed by atoms with E-state index in [4.69, 9.17) is 0 Å². The first-order valence-corrected chi connectivity index (χ1v) is 14.5. The summed E-state index contributed by atoms with van der Waals surface area (Å²) in [5.74, 6) is 0. The molecule has 6 nitrogen and oxygen atoms in total. The smallest absolute Gasteiger partial charge is 0.801 e. The molecule has 0 saturated heterocycles. The Hall–Kier alpha value is 1.10. The van der Waals surface area contributed by atoms with Gasteiger partial charge in [-0.3, -0.25) is 0 Å². The second kappa shape index (κ2) is 26.1. The van der Waals surface area contributed by atoms with Crippen molar-refractivity contribution in [2.45, 2.75) is 116 Å². The molecule has 0 aromatic carbocycles. The van der Waals surface area contributed by atoms with Crippen molar-refractivity contribution >= 4 is 41.4 Å². The fourth-order valence-electron chi connectivity index (χ4n) is 2.51. The topological polar surface area (TPSA) is 120 Å². The SMILES string of the molecule is CCCC(CC)[PH](=O)[O-].CCCC(CC)[PH](=O)[O-].CCCC(CC)[PH](=O)[O-].[Al+3]. The van der Waals surface area contributed by atoms with Crippen LogP contribution in [-0.2, 0) is 13.7 Å². The Labute approximate surface area is 186 Å². The summed E-state index contributed by atoms with van der Waals surface area (Å²) in [5, 5.41) is 0. The molecule has 0 aliphatic heterocycles. The quantitative estimate of drug-likeness (QED) is 0.313. The van der Waals surface area contributed by atoms with Gasteiger partial charge in [0.15, 0.2) is 0 Å². The molecule has 0 aromatic heterocycles. The van der Waals surface area contributed by atoms with Gasteiger partial charge in [-0.1, -0.05) is 60.8 Å². The Balaban J connectivity index is -0.000000152. The van der Waals surface area contributed by atoms with Gasteiger partial charge in [-0.2, -0.15) is 0 Å². The van der Waals surface area contributed by atoms with Crippen LogP contribution in [0.2, 0.25) is 0 Å². The summed E-state index contributed by atoms with van der Waals surface area (Å²) in [6.07, 6.45) is 7.72. The summed E-state index contributed by atoms with van der Waals surface area (Å²) < 4.78 is 31.2. The minimum atomic E-state index is -2.49. The van der Waals surface area contributed by atoms with Gasteiger partial charge in [0.2, 0.25) is 0 Å². The van der Waals surface area contributed by atoms with Crippen molar-refractivity contribution in [1.82, 2.24) is 0 Å². The first kappa shape index (κ1) is 36.5. The first-order chi connectivity index (χ1) is 12.7. The molecule has 168 valence electrons. The molecule has 0 N–H and O–H groups in total. The normalized spacial score (nSPS) is 16.6. The van der Waals surface area contributed by atoms with Crippen molar-refractivity contribution in [2.24, 2.45) is 0 Å². The summed E-state index contributed by atoms with van der Waals surface area (Å²) in [6.45, 7) is 11.8. The molecule has 10 heteroatoms. The van der Waals surface area contributed by atoms with Crippen molar-refractivity contribution in [3.8, 4) is 0 Å². The fourth-order valence-corrected chi connectivity index (χ4v) is 5.08. The van der Waals surface area contributed by atoms with Crippen LogP contribution in [0.1, 0.15) is 99.3 Å². The van der Waals surface area contributed by atoms with Crippen molar-refractivity contribution < 1.29 is 28.4 Å². The van der Waals surface area contributed by atoms with Crippen molar-refractivity contribution in [2.75, 3.05) is 0 Å². The van der Waals surface area contributed by atoms with Gasteiger partial charge in [-0.05, 0) is 55.5 Å². The van der Waals surface area contributed by atoms with E-state index in [1.54, 1.807) is 0 Å². The summed E-state index contributed by atoms with van der Waals surface area (Å²) in [4.78, 5) is 31.2. The standard InChI is InChI=1S/3C6H15O2P.Al/c3*1-3-5-6(4-2)9(7)8;/h3*6,9H,3-5H2,1-2H3,(H,7,8);/q;;;+3/p-3. The largest absolute Gasteiger partial charge is 3.00 e. The number of hydrogen-bond donors (Lipinski definition) is 0. The summed E-state index contributed by atoms with van der Waals surface area (Å²) in [5.41, 5.74) is -0.125. The Morgan fingerprint density at radius 2 is 0.714 bits per heavy atom. The molecular formula is C18H42AlO6P3. The molecule has 6 unspecified atom stereocenters. The predicted molar refractivity (Wildman–Crippen MR) is 120 cm³/mol. The summed E-state index contributed by atoms with van der Waals surface area (Å²) >= 11 is 0. The van der Waals surface area contributed by atoms with E-state index < -0.39 is 24.1 Å². The molecule has 0 aromatic rings. The molecule has 28 heavy (non-hydrogen) atoms. The molecule has 0 spiro atoms. The number of rotatable bonds is 12. The maximum Gasteiger partial charge on any atom is 3.00 e. The summed E-state index contributed by atoms with van der Waals surface area (Å²) in [7, 11) is -7.46. The van der Waals surface area contributed by atoms with E-state index >= 15 is 0 Å². The van der Waals surface area contributed by atoms with Crippen LogP contribution in [0.3, 0.4) is 0 Å². The van der Waals surface area contributed by atoms with Crippen LogP contribution < -0.4 is 14.7 Å². The van der Waals surface area contributed by atoms with Crippen LogP contribution >= 0.6 is 24.1 Å². The Kier molecular flexibility index (Phi) is 34.0. The molecule has 0 aliphatic rings. The number of hydrogen-bond acceptors (Lipinski definition) is 6. The zero-order valence-corrected chi connectivity index (χ0v) is 22.8. The maximum absolute atomic E-state index is 10.4. The molecule has 0 heterocycles. The average Bonchev–Trinajstić information content (AvgIpc) is 2.62. The summed E-state index contributed by atoms with van der Waals surface area (Å²) in [6, 6.07) is 0. The Bertz CT molecular complexity index is 342. The van der Waals surface area contributed by atoms with Crippen LogP contribution in [0.15, 0.2) is 0 Å². The van der Waals surface area contributed by atoms with Gasteiger partial charge in [0.1, 0.15) is 0 Å². The molecular weight excluding hydrogens is 432 g/mol. The van der Waals surface area contributed by atoms with Gasteiger partial charge in [0, 0.05) is 24.1 Å². The van der Waals surface area contributed by atoms with Crippen molar-refractivity contribution in [3.63, 3.8) is 0 Å². The zero-order chi connectivity index (χ0) is 21.8. The zero-order valence-electron chi connectivity index (χ0n) is 18.6. The van der Waals surface area contributed by atoms with Crippen LogP contribution in [0.4, 0.5) is 0 Å². The van der Waals surface area contributed by atoms with Gasteiger partial charge >= 0.3 is 17.4 Å². The monoisotopic (exact) mass is 474 g/mol. The third-order valence-electron chi connectivity index (χ3n) is 4.39. The molecule has 0 rings (SSSR count). The van der Waals surface area contributed by atoms with Crippen LogP contribution in [0.5, 0.6) is 0 Å². The van der Waals surface area contributed by atoms with E-state index in [-0.39, 0.29) is 34.3 Å². The maximum atomic E-state index is 10.4. The van der Waals surface area contributed by atoms with E-state index in [1.807, 2.05) is 41.5 Å². The van der Waals surface area contributed by atoms with Crippen LogP contribution in [0, 0.1) is 0 Å². The Morgan fingerprint density at radius 3 is 0.750 bits per heavy atom. The predicted octanol–water partition coefficient (Wildman–Crippen LogP) is 3.82. The van der Waals surface area contributed by atoms with Gasteiger partial charge in [0.05, 0.1) is 0 Å². The molecule has 0 aliphatic carbocycles. The fraction of sp³-hybridized carbons (Fsp3) is 1.00. The molecule has 0 amide bonds. The molecule has 0 radical (unpaired) electrons. The Morgan fingerprint density at radius 1 is 0.536 bits per heavy atom. The van der Waals surface area contributed by atoms with Gasteiger partial charge in [-0.15, -0.1) is 0 Å². The van der Waals surface area contributed by atoms with Gasteiger partial charge in [0.25, 0.3) is 0 Å². The van der Waals surface area contributed by atoms with E-state index in [2.05, 4.69) is 0 Å². The second-order valence-corrected chi connectivity index (χ2v) is 11.0. The van der Waals surface area contributed by atoms with Crippen molar-refractivity contribution in [3.05, 3.63) is 0 Å². The molecule has 6 atom stereocenters. The van der Waals surface area contributed by atoms with Crippen LogP contribution in [0.25, 0.3) is 0 Å². The second-order valence-electron chi connectivity index (χ2n) is 6.64. The molecule has 0 fully saturated rings. The van der Waals surface area contributed by atoms with E-state index in [1.165, 1.54) is 0 Å². The first-order valence-electron chi connectivity index (χ1n) is 10.3. The molecule has 0 saturated carbocycles. The molecule has 0 bridgehead atoms. The van der Waals surface area contributed by atoms with Gasteiger partial charge in [-0.25, -0.2) is 0 Å². The van der Waals surface area contributed by atoms with Gasteiger partial charge < -0.3 is 28.4 Å². The van der Waals surface area contributed by atoms with Crippen molar-refractivity contribution in [1.29, 1.82) is 0 Å². The average molecular weight is 474 g/mol. The van der Waals surface area contributed by atoms with E-state index in [9.17, 15) is 28.4 Å². The van der Waals surface area contributed by atoms with E-state index in [0.29, 0.717) is 0 Å².